The second kappa shape index (κ2) is 7.93. The van der Waals surface area contributed by atoms with Crippen molar-refractivity contribution in [3.8, 4) is 0 Å². The number of hydrogen-bond acceptors (Lipinski definition) is 2. The monoisotopic (exact) mass is 300 g/mol. The Morgan fingerprint density at radius 1 is 0.950 bits per heavy atom. The van der Waals surface area contributed by atoms with Crippen LogP contribution in [0, 0.1) is 0 Å². The van der Waals surface area contributed by atoms with Gasteiger partial charge in [-0.25, -0.2) is 0 Å². The molecule has 1 N–H and O–H groups in total. The molecule has 2 aliphatic heterocycles. The van der Waals surface area contributed by atoms with Gasteiger partial charge in [0.25, 0.3) is 0 Å². The van der Waals surface area contributed by atoms with Gasteiger partial charge in [0, 0.05) is 21.3 Å². The van der Waals surface area contributed by atoms with Crippen molar-refractivity contribution in [1.82, 2.24) is 0 Å². The molecular formula is C17H32O2S. The number of rotatable bonds is 9. The van der Waals surface area contributed by atoms with Gasteiger partial charge in [-0.1, -0.05) is 58.3 Å². The van der Waals surface area contributed by atoms with Crippen molar-refractivity contribution in [3.63, 3.8) is 0 Å². The molecule has 0 aromatic carbocycles. The molecule has 118 valence electrons. The molecule has 2 unspecified atom stereocenters. The van der Waals surface area contributed by atoms with Crippen LogP contribution in [0.4, 0.5) is 0 Å². The summed E-state index contributed by atoms with van der Waals surface area (Å²) >= 11 is 0. The Bertz CT molecular complexity index is 300. The van der Waals surface area contributed by atoms with E-state index >= 15 is 0 Å². The molecule has 0 aliphatic carbocycles. The van der Waals surface area contributed by atoms with Crippen LogP contribution in [-0.2, 0) is 10.8 Å². The maximum absolute atomic E-state index is 12.0. The van der Waals surface area contributed by atoms with Gasteiger partial charge < -0.3 is 5.11 Å². The van der Waals surface area contributed by atoms with Crippen molar-refractivity contribution < 1.29 is 9.32 Å². The molecule has 2 heterocycles. The highest BCUT2D eigenvalue weighted by Crippen LogP contribution is 2.42. The summed E-state index contributed by atoms with van der Waals surface area (Å²) in [5.41, 5.74) is -0.484. The summed E-state index contributed by atoms with van der Waals surface area (Å²) in [6.07, 6.45) is 15.2. The van der Waals surface area contributed by atoms with Gasteiger partial charge in [0.15, 0.2) is 0 Å². The zero-order chi connectivity index (χ0) is 14.4. The Morgan fingerprint density at radius 2 is 1.45 bits per heavy atom. The lowest BCUT2D eigenvalue weighted by Gasteiger charge is -2.36. The van der Waals surface area contributed by atoms with Crippen LogP contribution in [0.1, 0.15) is 90.4 Å². The second-order valence-electron chi connectivity index (χ2n) is 7.01. The molecule has 3 heteroatoms. The Labute approximate surface area is 127 Å². The molecule has 2 atom stereocenters. The maximum Gasteiger partial charge on any atom is 0.0670 e. The van der Waals surface area contributed by atoms with Gasteiger partial charge in [-0.3, -0.25) is 4.21 Å². The van der Waals surface area contributed by atoms with Gasteiger partial charge in [0.1, 0.15) is 0 Å². The van der Waals surface area contributed by atoms with E-state index in [4.69, 9.17) is 0 Å². The Balaban J connectivity index is 1.56. The van der Waals surface area contributed by atoms with Crippen molar-refractivity contribution in [2.45, 2.75) is 106 Å². The highest BCUT2D eigenvalue weighted by molar-refractivity contribution is 7.86. The van der Waals surface area contributed by atoms with Crippen molar-refractivity contribution in [1.29, 1.82) is 0 Å². The molecule has 0 radical (unpaired) electrons. The number of fused-ring (bicyclic) bond motifs is 2. The summed E-state index contributed by atoms with van der Waals surface area (Å²) in [6.45, 7) is 2.25. The molecule has 0 aromatic heterocycles. The van der Waals surface area contributed by atoms with Crippen LogP contribution in [0.3, 0.4) is 0 Å². The van der Waals surface area contributed by atoms with E-state index in [9.17, 15) is 9.32 Å². The summed E-state index contributed by atoms with van der Waals surface area (Å²) in [4.78, 5) is 0. The molecule has 0 amide bonds. The van der Waals surface area contributed by atoms with Gasteiger partial charge >= 0.3 is 0 Å². The number of unbranched alkanes of at least 4 members (excludes halogenated alkanes) is 7. The fourth-order valence-corrected chi connectivity index (χ4v) is 6.20. The lowest BCUT2D eigenvalue weighted by Crippen LogP contribution is -2.42. The molecular weight excluding hydrogens is 268 g/mol. The van der Waals surface area contributed by atoms with Crippen molar-refractivity contribution >= 4 is 10.8 Å². The van der Waals surface area contributed by atoms with Crippen LogP contribution in [0.15, 0.2) is 0 Å². The summed E-state index contributed by atoms with van der Waals surface area (Å²) < 4.78 is 12.0. The average Bonchev–Trinajstić information content (AvgIpc) is 2.64. The van der Waals surface area contributed by atoms with Gasteiger partial charge in [0.2, 0.25) is 0 Å². The second-order valence-corrected chi connectivity index (χ2v) is 9.00. The highest BCUT2D eigenvalue weighted by Gasteiger charge is 2.46. The molecule has 2 nitrogen and oxygen atoms in total. The predicted octanol–water partition coefficient (Wildman–Crippen LogP) is 4.32. The number of hydrogen-bond donors (Lipinski definition) is 1. The van der Waals surface area contributed by atoms with Crippen LogP contribution in [0.25, 0.3) is 0 Å². The average molecular weight is 301 g/mol. The van der Waals surface area contributed by atoms with E-state index in [1.807, 2.05) is 0 Å². The third kappa shape index (κ3) is 4.56. The molecule has 0 spiro atoms. The normalized spacial score (nSPS) is 36.4. The van der Waals surface area contributed by atoms with E-state index in [1.54, 1.807) is 0 Å². The van der Waals surface area contributed by atoms with Gasteiger partial charge in [0.05, 0.1) is 5.60 Å². The zero-order valence-corrected chi connectivity index (χ0v) is 13.9. The van der Waals surface area contributed by atoms with E-state index < -0.39 is 16.4 Å². The minimum atomic E-state index is -0.639. The first-order valence-corrected chi connectivity index (χ1v) is 10.0. The van der Waals surface area contributed by atoms with E-state index in [0.717, 1.165) is 38.5 Å². The fraction of sp³-hybridized carbons (Fsp3) is 1.00. The predicted molar refractivity (Wildman–Crippen MR) is 86.4 cm³/mol. The Hall–Kier alpha value is 0.110. The fourth-order valence-electron chi connectivity index (χ4n) is 3.97. The minimum absolute atomic E-state index is 0.299. The minimum Gasteiger partial charge on any atom is -0.390 e. The third-order valence-corrected chi connectivity index (χ3v) is 7.30. The zero-order valence-electron chi connectivity index (χ0n) is 13.1. The highest BCUT2D eigenvalue weighted by atomic mass is 32.2. The topological polar surface area (TPSA) is 37.3 Å². The summed E-state index contributed by atoms with van der Waals surface area (Å²) in [6, 6.07) is 0. The first-order valence-electron chi connectivity index (χ1n) is 8.76. The lowest BCUT2D eigenvalue weighted by molar-refractivity contribution is 0.0119. The van der Waals surface area contributed by atoms with E-state index in [2.05, 4.69) is 6.92 Å². The summed E-state index contributed by atoms with van der Waals surface area (Å²) in [7, 11) is -0.639. The summed E-state index contributed by atoms with van der Waals surface area (Å²) in [5, 5.41) is 11.3. The molecule has 0 aromatic rings. The van der Waals surface area contributed by atoms with Gasteiger partial charge in [-0.05, 0) is 32.1 Å². The van der Waals surface area contributed by atoms with Crippen LogP contribution in [-0.4, -0.2) is 25.4 Å². The van der Waals surface area contributed by atoms with Gasteiger partial charge in [-0.2, -0.15) is 0 Å². The van der Waals surface area contributed by atoms with Crippen molar-refractivity contribution in [3.05, 3.63) is 0 Å². The first-order chi connectivity index (χ1) is 9.64. The standard InChI is InChI=1S/C17H32O2S/c1-2-3-4-5-6-7-8-9-12-17(18)13-15-10-11-16(14-17)20(15)19/h15-16,18H,2-14H2,1H3. The van der Waals surface area contributed by atoms with Crippen molar-refractivity contribution in [2.75, 3.05) is 0 Å². The molecule has 2 saturated heterocycles. The molecule has 2 aliphatic rings. The lowest BCUT2D eigenvalue weighted by atomic mass is 9.87. The van der Waals surface area contributed by atoms with E-state index in [-0.39, 0.29) is 0 Å². The molecule has 0 saturated carbocycles. The molecule has 20 heavy (non-hydrogen) atoms. The molecule has 2 rings (SSSR count). The smallest absolute Gasteiger partial charge is 0.0670 e. The van der Waals surface area contributed by atoms with Crippen LogP contribution in [0.5, 0.6) is 0 Å². The van der Waals surface area contributed by atoms with Gasteiger partial charge in [-0.15, -0.1) is 0 Å². The molecule has 2 bridgehead atoms. The Kier molecular flexibility index (Phi) is 6.54. The largest absolute Gasteiger partial charge is 0.390 e. The maximum atomic E-state index is 12.0. The van der Waals surface area contributed by atoms with E-state index in [0.29, 0.717) is 10.5 Å². The summed E-state index contributed by atoms with van der Waals surface area (Å²) in [5.74, 6) is 0. The molecule has 2 fully saturated rings. The third-order valence-electron chi connectivity index (χ3n) is 5.18. The Morgan fingerprint density at radius 3 is 2.00 bits per heavy atom. The van der Waals surface area contributed by atoms with E-state index in [1.165, 1.54) is 44.9 Å². The van der Waals surface area contributed by atoms with Crippen molar-refractivity contribution in [2.24, 2.45) is 0 Å². The van der Waals surface area contributed by atoms with Crippen LogP contribution >= 0.6 is 0 Å². The SMILES string of the molecule is CCCCCCCCCCC1(O)CC2CCC(C1)S2=O. The van der Waals surface area contributed by atoms with Crippen LogP contribution < -0.4 is 0 Å². The number of aliphatic hydroxyl groups is 1. The quantitative estimate of drug-likeness (QED) is 0.644. The van der Waals surface area contributed by atoms with Crippen LogP contribution in [0.2, 0.25) is 0 Å². The first kappa shape index (κ1) is 16.5.